The van der Waals surface area contributed by atoms with Crippen LogP contribution in [0, 0.1) is 17.8 Å². The van der Waals surface area contributed by atoms with E-state index in [9.17, 15) is 0 Å². The summed E-state index contributed by atoms with van der Waals surface area (Å²) in [5.74, 6) is 5.08. The molecule has 1 unspecified atom stereocenters. The van der Waals surface area contributed by atoms with Gasteiger partial charge in [-0.05, 0) is 110 Å². The lowest BCUT2D eigenvalue weighted by Crippen LogP contribution is -2.21. The van der Waals surface area contributed by atoms with Gasteiger partial charge in [0, 0.05) is 46.3 Å². The van der Waals surface area contributed by atoms with Crippen molar-refractivity contribution < 1.29 is 4.74 Å². The van der Waals surface area contributed by atoms with Gasteiger partial charge in [0.05, 0.1) is 22.4 Å². The van der Waals surface area contributed by atoms with E-state index in [2.05, 4.69) is 150 Å². The van der Waals surface area contributed by atoms with Crippen LogP contribution in [0.15, 0.2) is 90.6 Å². The zero-order chi connectivity index (χ0) is 37.4. The number of rotatable bonds is 12. The van der Waals surface area contributed by atoms with Gasteiger partial charge in [-0.3, -0.25) is 4.57 Å². The highest BCUT2D eigenvalue weighted by Crippen LogP contribution is 2.44. The maximum absolute atomic E-state index is 6.87. The van der Waals surface area contributed by atoms with Gasteiger partial charge in [-0.2, -0.15) is 5.10 Å². The number of nitrogens with zero attached hydrogens (tertiary/aromatic N) is 4. The van der Waals surface area contributed by atoms with E-state index in [1.54, 1.807) is 0 Å². The predicted molar refractivity (Wildman–Crippen MR) is 222 cm³/mol. The zero-order valence-corrected chi connectivity index (χ0v) is 33.4. The Kier molecular flexibility index (Phi) is 10.7. The summed E-state index contributed by atoms with van der Waals surface area (Å²) in [6.07, 6.45) is 10.8. The molecule has 6 aromatic rings. The third-order valence-electron chi connectivity index (χ3n) is 11.1. The van der Waals surface area contributed by atoms with Crippen molar-refractivity contribution in [2.45, 2.75) is 113 Å². The van der Waals surface area contributed by atoms with E-state index in [0.29, 0.717) is 29.6 Å². The average Bonchev–Trinajstić information content (AvgIpc) is 3.63. The maximum atomic E-state index is 6.87. The van der Waals surface area contributed by atoms with E-state index < -0.39 is 0 Å². The highest BCUT2D eigenvalue weighted by atomic mass is 16.5. The van der Waals surface area contributed by atoms with Crippen molar-refractivity contribution in [3.63, 3.8) is 0 Å². The minimum atomic E-state index is 0.330. The first-order valence-electron chi connectivity index (χ1n) is 20.2. The molecular formula is C48H58N4O. The molecule has 0 bridgehead atoms. The molecule has 3 heterocycles. The monoisotopic (exact) mass is 706 g/mol. The minimum absolute atomic E-state index is 0.330. The van der Waals surface area contributed by atoms with Crippen LogP contribution in [0.1, 0.15) is 121 Å². The molecule has 5 nitrogen and oxygen atoms in total. The van der Waals surface area contributed by atoms with E-state index in [0.717, 1.165) is 66.1 Å². The number of ether oxygens (including phenoxy) is 1. The average molecular weight is 707 g/mol. The quantitative estimate of drug-likeness (QED) is 0.119. The fraction of sp³-hybridized carbons (Fsp3) is 0.417. The molecule has 0 aliphatic heterocycles. The lowest BCUT2D eigenvalue weighted by Gasteiger charge is -2.33. The number of aryl methyl sites for hydroxylation is 1. The summed E-state index contributed by atoms with van der Waals surface area (Å²) in [4.78, 5) is 4.88. The van der Waals surface area contributed by atoms with E-state index in [1.165, 1.54) is 50.8 Å². The third-order valence-corrected chi connectivity index (χ3v) is 11.1. The summed E-state index contributed by atoms with van der Waals surface area (Å²) in [7, 11) is 0. The SMILES string of the molecule is CCCc1nn(-c2cc(Oc3ccc4c5ccccc5n(-c5cc(CC(C)C)ccn5)c4c3)cc(C(C)C)c2)c(CCC)c1C1C(C)=C[C@H](C)C[C@@H]1C. The van der Waals surface area contributed by atoms with Crippen molar-refractivity contribution >= 4 is 21.8 Å². The minimum Gasteiger partial charge on any atom is -0.457 e. The Hall–Kier alpha value is -4.64. The molecule has 5 heteroatoms. The molecule has 1 aliphatic rings. The molecule has 3 aromatic carbocycles. The van der Waals surface area contributed by atoms with Gasteiger partial charge in [0.1, 0.15) is 17.3 Å². The largest absolute Gasteiger partial charge is 0.457 e. The van der Waals surface area contributed by atoms with Gasteiger partial charge < -0.3 is 4.74 Å². The first-order valence-corrected chi connectivity index (χ1v) is 20.2. The van der Waals surface area contributed by atoms with Crippen LogP contribution in [0.25, 0.3) is 33.3 Å². The number of hydrogen-bond donors (Lipinski definition) is 0. The number of aromatic nitrogens is 4. The maximum Gasteiger partial charge on any atom is 0.137 e. The summed E-state index contributed by atoms with van der Waals surface area (Å²) in [6, 6.07) is 26.2. The number of para-hydroxylation sites is 1. The first-order chi connectivity index (χ1) is 25.6. The van der Waals surface area contributed by atoms with E-state index >= 15 is 0 Å². The van der Waals surface area contributed by atoms with Crippen LogP contribution in [0.3, 0.4) is 0 Å². The van der Waals surface area contributed by atoms with Crippen LogP contribution < -0.4 is 4.74 Å². The Morgan fingerprint density at radius 3 is 2.34 bits per heavy atom. The second-order valence-corrected chi connectivity index (χ2v) is 16.5. The lowest BCUT2D eigenvalue weighted by molar-refractivity contribution is 0.389. The summed E-state index contributed by atoms with van der Waals surface area (Å²) in [5.41, 5.74) is 11.4. The van der Waals surface area contributed by atoms with Crippen molar-refractivity contribution in [3.8, 4) is 23.0 Å². The highest BCUT2D eigenvalue weighted by molar-refractivity contribution is 6.09. The second kappa shape index (κ2) is 15.4. The molecule has 1 aliphatic carbocycles. The van der Waals surface area contributed by atoms with Gasteiger partial charge in [0.25, 0.3) is 0 Å². The van der Waals surface area contributed by atoms with Gasteiger partial charge >= 0.3 is 0 Å². The standard InChI is InChI=1S/C48H58N4O/c1-10-14-42-48(47-33(8)23-32(7)24-34(47)9)44(15-11-2)52(50-42)37-26-36(31(5)6)27-39(28-37)53-38-18-19-41-40-16-12-13-17-43(40)51(45(41)29-38)46-25-35(20-21-49-46)22-30(3)4/h12-13,16-21,23,25-32,34,47H,10-11,14-15,22,24H2,1-9H3/t32-,34-,47?/m0/s1. The van der Waals surface area contributed by atoms with Crippen LogP contribution in [-0.2, 0) is 19.3 Å². The van der Waals surface area contributed by atoms with Gasteiger partial charge in [0.15, 0.2) is 0 Å². The molecule has 53 heavy (non-hydrogen) atoms. The smallest absolute Gasteiger partial charge is 0.137 e. The lowest BCUT2D eigenvalue weighted by atomic mass is 9.72. The fourth-order valence-electron chi connectivity index (χ4n) is 8.99. The molecule has 7 rings (SSSR count). The van der Waals surface area contributed by atoms with Crippen molar-refractivity contribution in [3.05, 3.63) is 119 Å². The number of allylic oxidation sites excluding steroid dienone is 2. The normalized spacial score (nSPS) is 17.7. The predicted octanol–water partition coefficient (Wildman–Crippen LogP) is 13.1. The van der Waals surface area contributed by atoms with Crippen molar-refractivity contribution in [2.75, 3.05) is 0 Å². The Morgan fingerprint density at radius 1 is 0.830 bits per heavy atom. The molecule has 0 saturated carbocycles. The summed E-state index contributed by atoms with van der Waals surface area (Å²) in [5, 5.41) is 7.86. The number of hydrogen-bond acceptors (Lipinski definition) is 3. The molecule has 276 valence electrons. The van der Waals surface area contributed by atoms with Crippen molar-refractivity contribution in [1.82, 2.24) is 19.3 Å². The molecule has 0 saturated heterocycles. The molecule has 0 fully saturated rings. The van der Waals surface area contributed by atoms with Gasteiger partial charge in [-0.1, -0.05) is 98.1 Å². The van der Waals surface area contributed by atoms with Gasteiger partial charge in [0.2, 0.25) is 0 Å². The molecular weight excluding hydrogens is 649 g/mol. The van der Waals surface area contributed by atoms with Gasteiger partial charge in [-0.25, -0.2) is 9.67 Å². The number of benzene rings is 3. The van der Waals surface area contributed by atoms with Crippen LogP contribution in [0.4, 0.5) is 0 Å². The van der Waals surface area contributed by atoms with E-state index in [-0.39, 0.29) is 0 Å². The Balaban J connectivity index is 1.34. The number of pyridine rings is 1. The molecule has 0 amide bonds. The van der Waals surface area contributed by atoms with Crippen molar-refractivity contribution in [1.29, 1.82) is 0 Å². The summed E-state index contributed by atoms with van der Waals surface area (Å²) < 4.78 is 11.4. The van der Waals surface area contributed by atoms with Crippen LogP contribution in [-0.4, -0.2) is 19.3 Å². The molecule has 0 radical (unpaired) electrons. The Bertz CT molecular complexity index is 2270. The Morgan fingerprint density at radius 2 is 1.60 bits per heavy atom. The van der Waals surface area contributed by atoms with Gasteiger partial charge in [-0.15, -0.1) is 0 Å². The number of fused-ring (bicyclic) bond motifs is 3. The van der Waals surface area contributed by atoms with Crippen LogP contribution >= 0.6 is 0 Å². The fourth-order valence-corrected chi connectivity index (χ4v) is 8.99. The van der Waals surface area contributed by atoms with Crippen molar-refractivity contribution in [2.24, 2.45) is 17.8 Å². The second-order valence-electron chi connectivity index (χ2n) is 16.5. The highest BCUT2D eigenvalue weighted by Gasteiger charge is 2.33. The van der Waals surface area contributed by atoms with Crippen LogP contribution in [0.5, 0.6) is 11.5 Å². The Labute approximate surface area is 317 Å². The molecule has 3 atom stereocenters. The summed E-state index contributed by atoms with van der Waals surface area (Å²) in [6.45, 7) is 20.8. The molecule has 0 N–H and O–H groups in total. The molecule has 3 aromatic heterocycles. The van der Waals surface area contributed by atoms with E-state index in [4.69, 9.17) is 14.8 Å². The third kappa shape index (κ3) is 7.32. The topological polar surface area (TPSA) is 44.9 Å². The van der Waals surface area contributed by atoms with E-state index in [1.807, 2.05) is 6.20 Å². The van der Waals surface area contributed by atoms with Crippen LogP contribution in [0.2, 0.25) is 0 Å². The zero-order valence-electron chi connectivity index (χ0n) is 33.4. The molecule has 0 spiro atoms. The summed E-state index contributed by atoms with van der Waals surface area (Å²) >= 11 is 0. The first kappa shape index (κ1) is 36.7.